The van der Waals surface area contributed by atoms with Gasteiger partial charge >= 0.3 is 0 Å². The third kappa shape index (κ3) is 7.51. The summed E-state index contributed by atoms with van der Waals surface area (Å²) in [6.07, 6.45) is 4.05. The number of ether oxygens (including phenoxy) is 3. The summed E-state index contributed by atoms with van der Waals surface area (Å²) in [5.41, 5.74) is 2.93. The summed E-state index contributed by atoms with van der Waals surface area (Å²) < 4.78 is 17.1. The minimum Gasteiger partial charge on any atom is -0.468 e. The molecule has 3 heterocycles. The van der Waals surface area contributed by atoms with Crippen LogP contribution in [0, 0.1) is 5.41 Å². The van der Waals surface area contributed by atoms with E-state index in [1.807, 2.05) is 36.5 Å². The Bertz CT molecular complexity index is 1030. The average Bonchev–Trinajstić information content (AvgIpc) is 3.29. The van der Waals surface area contributed by atoms with Gasteiger partial charge in [-0.3, -0.25) is 4.79 Å². The van der Waals surface area contributed by atoms with Crippen molar-refractivity contribution in [2.75, 3.05) is 33.5 Å². The lowest BCUT2D eigenvalue weighted by molar-refractivity contribution is -0.126. The zero-order valence-corrected chi connectivity index (χ0v) is 22.5. The molecule has 1 aromatic carbocycles. The van der Waals surface area contributed by atoms with E-state index in [1.165, 1.54) is 7.11 Å². The Kier molecular flexibility index (Phi) is 8.85. The van der Waals surface area contributed by atoms with Crippen LogP contribution in [-0.4, -0.2) is 67.2 Å². The smallest absolute Gasteiger partial charge is 0.246 e. The van der Waals surface area contributed by atoms with E-state index < -0.39 is 17.7 Å². The lowest BCUT2D eigenvalue weighted by atomic mass is 9.85. The maximum atomic E-state index is 12.3. The van der Waals surface area contributed by atoms with Crippen LogP contribution >= 0.6 is 0 Å². The molecule has 4 atom stereocenters. The number of pyridine rings is 1. The van der Waals surface area contributed by atoms with Gasteiger partial charge in [0.25, 0.3) is 0 Å². The summed E-state index contributed by atoms with van der Waals surface area (Å²) in [7, 11) is 1.48. The summed E-state index contributed by atoms with van der Waals surface area (Å²) >= 11 is 0. The number of benzene rings is 1. The number of aliphatic hydroxyl groups is 1. The SMILES string of the molecule is COCC(=O)N[C@@H](Cc1ccccc1)[C@H](O)CN[C@H]1C[C@@]2(CCOC2)Oc2ncc(CC(C)(C)C)cc21. The minimum atomic E-state index is -0.811. The van der Waals surface area contributed by atoms with Gasteiger partial charge in [-0.25, -0.2) is 4.98 Å². The first kappa shape index (κ1) is 27.5. The minimum absolute atomic E-state index is 0.0521. The van der Waals surface area contributed by atoms with Gasteiger partial charge in [-0.05, 0) is 35.4 Å². The number of aliphatic hydroxyl groups excluding tert-OH is 1. The van der Waals surface area contributed by atoms with Crippen molar-refractivity contribution in [3.8, 4) is 5.88 Å². The molecule has 0 radical (unpaired) electrons. The van der Waals surface area contributed by atoms with Crippen LogP contribution in [0.15, 0.2) is 42.6 Å². The Balaban J connectivity index is 1.52. The predicted octanol–water partition coefficient (Wildman–Crippen LogP) is 2.98. The van der Waals surface area contributed by atoms with E-state index in [4.69, 9.17) is 19.2 Å². The number of methoxy groups -OCH3 is 1. The molecule has 2 aromatic rings. The molecule has 2 aliphatic rings. The molecule has 0 saturated carbocycles. The number of hydrogen-bond acceptors (Lipinski definition) is 7. The van der Waals surface area contributed by atoms with E-state index in [1.54, 1.807) is 0 Å². The van der Waals surface area contributed by atoms with Gasteiger partial charge in [0.2, 0.25) is 11.8 Å². The first-order chi connectivity index (χ1) is 17.7. The summed E-state index contributed by atoms with van der Waals surface area (Å²) in [6.45, 7) is 8.08. The molecule has 8 nitrogen and oxygen atoms in total. The number of carbonyl (C=O) groups excluding carboxylic acids is 1. The highest BCUT2D eigenvalue weighted by Crippen LogP contribution is 2.42. The fourth-order valence-corrected chi connectivity index (χ4v) is 5.24. The molecule has 1 saturated heterocycles. The van der Waals surface area contributed by atoms with Crippen molar-refractivity contribution < 1.29 is 24.1 Å². The second-order valence-electron chi connectivity index (χ2n) is 11.6. The predicted molar refractivity (Wildman–Crippen MR) is 142 cm³/mol. The highest BCUT2D eigenvalue weighted by Gasteiger charge is 2.45. The third-order valence-corrected chi connectivity index (χ3v) is 6.96. The molecule has 37 heavy (non-hydrogen) atoms. The molecule has 3 N–H and O–H groups in total. The van der Waals surface area contributed by atoms with E-state index >= 15 is 0 Å². The molecule has 1 fully saturated rings. The Morgan fingerprint density at radius 1 is 1.27 bits per heavy atom. The number of amides is 1. The van der Waals surface area contributed by atoms with Crippen LogP contribution in [0.1, 0.15) is 56.3 Å². The molecule has 1 aromatic heterocycles. The maximum Gasteiger partial charge on any atom is 0.246 e. The zero-order chi connectivity index (χ0) is 26.5. The Hall–Kier alpha value is -2.52. The lowest BCUT2D eigenvalue weighted by Crippen LogP contribution is -2.51. The maximum absolute atomic E-state index is 12.3. The third-order valence-electron chi connectivity index (χ3n) is 6.96. The molecular weight excluding hydrogens is 470 g/mol. The van der Waals surface area contributed by atoms with Gasteiger partial charge in [-0.15, -0.1) is 0 Å². The van der Waals surface area contributed by atoms with Crippen LogP contribution in [0.5, 0.6) is 5.88 Å². The van der Waals surface area contributed by atoms with Gasteiger partial charge < -0.3 is 30.0 Å². The lowest BCUT2D eigenvalue weighted by Gasteiger charge is -2.39. The van der Waals surface area contributed by atoms with E-state index in [-0.39, 0.29) is 24.0 Å². The Morgan fingerprint density at radius 3 is 2.73 bits per heavy atom. The van der Waals surface area contributed by atoms with Crippen LogP contribution in [0.2, 0.25) is 0 Å². The molecule has 0 bridgehead atoms. The fourth-order valence-electron chi connectivity index (χ4n) is 5.24. The van der Waals surface area contributed by atoms with Crippen molar-refractivity contribution in [1.29, 1.82) is 0 Å². The topological polar surface area (TPSA) is 102 Å². The first-order valence-electron chi connectivity index (χ1n) is 13.2. The van der Waals surface area contributed by atoms with Gasteiger partial charge in [-0.2, -0.15) is 0 Å². The van der Waals surface area contributed by atoms with Crippen LogP contribution in [-0.2, 0) is 27.1 Å². The van der Waals surface area contributed by atoms with Crippen molar-refractivity contribution in [3.05, 3.63) is 59.3 Å². The second kappa shape index (κ2) is 11.9. The first-order valence-corrected chi connectivity index (χ1v) is 13.2. The molecule has 0 unspecified atom stereocenters. The molecule has 4 rings (SSSR count). The van der Waals surface area contributed by atoms with Gasteiger partial charge in [0.15, 0.2) is 0 Å². The van der Waals surface area contributed by atoms with Crippen molar-refractivity contribution in [1.82, 2.24) is 15.6 Å². The van der Waals surface area contributed by atoms with Crippen LogP contribution in [0.3, 0.4) is 0 Å². The van der Waals surface area contributed by atoms with Crippen molar-refractivity contribution in [2.45, 2.75) is 70.2 Å². The summed E-state index contributed by atoms with van der Waals surface area (Å²) in [5.74, 6) is 0.382. The molecular formula is C29H41N3O5. The van der Waals surface area contributed by atoms with Crippen molar-refractivity contribution in [2.24, 2.45) is 5.41 Å². The molecule has 202 valence electrons. The van der Waals surface area contributed by atoms with Gasteiger partial charge in [0.05, 0.1) is 25.4 Å². The van der Waals surface area contributed by atoms with E-state index in [2.05, 4.69) is 37.5 Å². The van der Waals surface area contributed by atoms with E-state index in [9.17, 15) is 9.90 Å². The Labute approximate surface area is 220 Å². The number of hydrogen-bond donors (Lipinski definition) is 3. The van der Waals surface area contributed by atoms with Crippen molar-refractivity contribution >= 4 is 5.91 Å². The summed E-state index contributed by atoms with van der Waals surface area (Å²) in [4.78, 5) is 17.0. The molecule has 1 spiro atoms. The number of fused-ring (bicyclic) bond motifs is 1. The van der Waals surface area contributed by atoms with Gasteiger partial charge in [-0.1, -0.05) is 51.1 Å². The molecule has 0 aliphatic carbocycles. The fraction of sp³-hybridized carbons (Fsp3) is 0.586. The molecule has 2 aliphatic heterocycles. The zero-order valence-electron chi connectivity index (χ0n) is 22.5. The highest BCUT2D eigenvalue weighted by atomic mass is 16.6. The number of carbonyl (C=O) groups is 1. The number of nitrogens with one attached hydrogen (secondary N) is 2. The van der Waals surface area contributed by atoms with E-state index in [0.29, 0.717) is 32.1 Å². The highest BCUT2D eigenvalue weighted by molar-refractivity contribution is 5.77. The second-order valence-corrected chi connectivity index (χ2v) is 11.6. The normalized spacial score (nSPS) is 22.8. The van der Waals surface area contributed by atoms with Gasteiger partial charge in [0.1, 0.15) is 12.2 Å². The van der Waals surface area contributed by atoms with Crippen LogP contribution in [0.4, 0.5) is 0 Å². The largest absolute Gasteiger partial charge is 0.468 e. The van der Waals surface area contributed by atoms with Crippen LogP contribution < -0.4 is 15.4 Å². The number of nitrogens with zero attached hydrogens (tertiary/aromatic N) is 1. The standard InChI is InChI=1S/C29H41N3O5/c1-28(2,3)14-21-12-22-24(15-29(10-11-36-19-29)37-27(22)31-16-21)30-17-25(33)23(32-26(34)18-35-4)13-20-8-6-5-7-9-20/h5-9,12,16,23-25,30,33H,10-11,13-15,17-19H2,1-4H3,(H,32,34)/t23-,24-,25+,29+/m0/s1. The quantitative estimate of drug-likeness (QED) is 0.451. The van der Waals surface area contributed by atoms with E-state index in [0.717, 1.165) is 36.0 Å². The van der Waals surface area contributed by atoms with Crippen LogP contribution in [0.25, 0.3) is 0 Å². The number of aromatic nitrogens is 1. The summed E-state index contributed by atoms with van der Waals surface area (Å²) in [5, 5.41) is 17.8. The average molecular weight is 512 g/mol. The molecule has 8 heteroatoms. The number of rotatable bonds is 10. The molecule has 1 amide bonds. The van der Waals surface area contributed by atoms with Gasteiger partial charge in [0, 0.05) is 44.3 Å². The Morgan fingerprint density at radius 2 is 2.05 bits per heavy atom. The monoisotopic (exact) mass is 511 g/mol. The van der Waals surface area contributed by atoms with Crippen molar-refractivity contribution in [3.63, 3.8) is 0 Å². The summed E-state index contributed by atoms with van der Waals surface area (Å²) in [6, 6.07) is 11.5.